The van der Waals surface area contributed by atoms with Gasteiger partial charge in [-0.25, -0.2) is 8.42 Å². The highest BCUT2D eigenvalue weighted by molar-refractivity contribution is 7.91. The van der Waals surface area contributed by atoms with Crippen molar-refractivity contribution in [2.75, 3.05) is 5.75 Å². The number of sulfone groups is 1. The number of ether oxygens (including phenoxy) is 1. The van der Waals surface area contributed by atoms with E-state index in [0.29, 0.717) is 22.9 Å². The number of halogens is 2. The van der Waals surface area contributed by atoms with Gasteiger partial charge in [-0.05, 0) is 73.1 Å². The van der Waals surface area contributed by atoms with Crippen molar-refractivity contribution in [1.29, 1.82) is 0 Å². The van der Waals surface area contributed by atoms with Gasteiger partial charge in [-0.2, -0.15) is 5.10 Å². The van der Waals surface area contributed by atoms with Crippen LogP contribution in [-0.2, 0) is 27.6 Å². The van der Waals surface area contributed by atoms with Crippen molar-refractivity contribution in [3.8, 4) is 11.5 Å². The molecule has 186 valence electrons. The molecule has 3 aromatic rings. The number of carboxylic acid groups (broad SMARTS) is 1. The van der Waals surface area contributed by atoms with Crippen LogP contribution < -0.4 is 4.74 Å². The van der Waals surface area contributed by atoms with Gasteiger partial charge < -0.3 is 9.84 Å². The average molecular weight is 537 g/mol. The van der Waals surface area contributed by atoms with Crippen LogP contribution in [0.1, 0.15) is 43.4 Å². The summed E-state index contributed by atoms with van der Waals surface area (Å²) in [5, 5.41) is 14.1. The maximum Gasteiger partial charge on any atom is 0.325 e. The molecule has 1 unspecified atom stereocenters. The molecule has 2 aromatic carbocycles. The quantitative estimate of drug-likeness (QED) is 0.360. The molecule has 1 heterocycles. The van der Waals surface area contributed by atoms with Gasteiger partial charge in [0, 0.05) is 16.8 Å². The van der Waals surface area contributed by atoms with Gasteiger partial charge in [-0.1, -0.05) is 36.5 Å². The molecular weight excluding hydrogens is 511 g/mol. The molecule has 0 amide bonds. The maximum atomic E-state index is 13.4. The Morgan fingerprint density at radius 3 is 2.57 bits per heavy atom. The molecule has 0 radical (unpaired) electrons. The summed E-state index contributed by atoms with van der Waals surface area (Å²) in [6, 6.07) is 11.4. The number of carboxylic acids is 1. The number of hydrogen-bond acceptors (Lipinski definition) is 5. The van der Waals surface area contributed by atoms with Gasteiger partial charge in [0.05, 0.1) is 21.9 Å². The van der Waals surface area contributed by atoms with Crippen LogP contribution in [-0.4, -0.2) is 35.0 Å². The number of hydrogen-bond donors (Lipinski definition) is 1. The third kappa shape index (κ3) is 5.82. The van der Waals surface area contributed by atoms with Crippen LogP contribution in [0.2, 0.25) is 10.0 Å². The third-order valence-electron chi connectivity index (χ3n) is 6.41. The minimum Gasteiger partial charge on any atom is -0.480 e. The van der Waals surface area contributed by atoms with Crippen molar-refractivity contribution in [2.45, 2.75) is 50.0 Å². The molecule has 0 bridgehead atoms. The number of rotatable bonds is 9. The second-order valence-electron chi connectivity index (χ2n) is 8.69. The van der Waals surface area contributed by atoms with E-state index >= 15 is 0 Å². The molecule has 1 aromatic heterocycles. The lowest BCUT2D eigenvalue weighted by Gasteiger charge is -2.30. The fourth-order valence-electron chi connectivity index (χ4n) is 4.73. The van der Waals surface area contributed by atoms with Crippen LogP contribution in [0, 0.1) is 5.92 Å². The van der Waals surface area contributed by atoms with Crippen LogP contribution in [0.4, 0.5) is 0 Å². The number of benzene rings is 2. The molecule has 1 aliphatic rings. The molecule has 0 saturated carbocycles. The minimum atomic E-state index is -3.69. The maximum absolute atomic E-state index is 13.4. The van der Waals surface area contributed by atoms with Crippen molar-refractivity contribution in [1.82, 2.24) is 9.78 Å². The van der Waals surface area contributed by atoms with E-state index in [9.17, 15) is 13.2 Å². The number of carbonyl (C=O) groups is 1. The zero-order valence-electron chi connectivity index (χ0n) is 19.2. The van der Waals surface area contributed by atoms with Crippen molar-refractivity contribution in [3.05, 3.63) is 70.0 Å². The van der Waals surface area contributed by atoms with E-state index in [-0.39, 0.29) is 34.1 Å². The molecule has 1 aliphatic carbocycles. The first kappa shape index (κ1) is 25.5. The molecular formula is C25H26Cl2N2O5S. The first-order valence-corrected chi connectivity index (χ1v) is 13.8. The average Bonchev–Trinajstić information content (AvgIpc) is 3.21. The summed E-state index contributed by atoms with van der Waals surface area (Å²) in [5.74, 6) is -0.190. The summed E-state index contributed by atoms with van der Waals surface area (Å²) < 4.78 is 34.1. The van der Waals surface area contributed by atoms with E-state index in [2.05, 4.69) is 5.10 Å². The highest BCUT2D eigenvalue weighted by Gasteiger charge is 2.34. The van der Waals surface area contributed by atoms with Crippen molar-refractivity contribution >= 4 is 39.0 Å². The first-order valence-electron chi connectivity index (χ1n) is 11.4. The van der Waals surface area contributed by atoms with E-state index in [1.54, 1.807) is 36.5 Å². The van der Waals surface area contributed by atoms with E-state index in [1.165, 1.54) is 16.8 Å². The summed E-state index contributed by atoms with van der Waals surface area (Å²) in [7, 11) is -3.69. The van der Waals surface area contributed by atoms with Gasteiger partial charge in [0.25, 0.3) is 0 Å². The Kier molecular flexibility index (Phi) is 7.73. The first-order chi connectivity index (χ1) is 16.7. The van der Waals surface area contributed by atoms with Crippen LogP contribution in [0.5, 0.6) is 11.5 Å². The lowest BCUT2D eigenvalue weighted by atomic mass is 9.78. The summed E-state index contributed by atoms with van der Waals surface area (Å²) in [4.78, 5) is 11.2. The Morgan fingerprint density at radius 2 is 1.91 bits per heavy atom. The van der Waals surface area contributed by atoms with Crippen molar-refractivity contribution < 1.29 is 23.1 Å². The molecule has 35 heavy (non-hydrogen) atoms. The second kappa shape index (κ2) is 10.6. The molecule has 2 atom stereocenters. The normalized spacial score (nSPS) is 16.5. The summed E-state index contributed by atoms with van der Waals surface area (Å²) >= 11 is 12.3. The van der Waals surface area contributed by atoms with Crippen molar-refractivity contribution in [2.24, 2.45) is 5.92 Å². The number of aromatic nitrogens is 2. The van der Waals surface area contributed by atoms with E-state index in [0.717, 1.165) is 30.5 Å². The molecule has 7 nitrogen and oxygen atoms in total. The van der Waals surface area contributed by atoms with Gasteiger partial charge >= 0.3 is 5.97 Å². The fourth-order valence-corrected chi connectivity index (χ4v) is 7.23. The molecule has 0 saturated heterocycles. The second-order valence-corrected chi connectivity index (χ2v) is 11.5. The van der Waals surface area contributed by atoms with E-state index in [1.807, 2.05) is 6.92 Å². The molecule has 4 rings (SSSR count). The summed E-state index contributed by atoms with van der Waals surface area (Å²) in [6.45, 7) is 1.78. The summed E-state index contributed by atoms with van der Waals surface area (Å²) in [6.07, 6.45) is 4.79. The lowest BCUT2D eigenvalue weighted by molar-refractivity contribution is -0.137. The predicted octanol–water partition coefficient (Wildman–Crippen LogP) is 5.99. The highest BCUT2D eigenvalue weighted by Crippen LogP contribution is 2.40. The Bertz CT molecular complexity index is 1320. The minimum absolute atomic E-state index is 0.00708. The Hall–Kier alpha value is -2.55. The molecule has 0 aliphatic heterocycles. The zero-order chi connectivity index (χ0) is 25.2. The van der Waals surface area contributed by atoms with Crippen molar-refractivity contribution in [3.63, 3.8) is 0 Å². The van der Waals surface area contributed by atoms with Gasteiger partial charge in [-0.3, -0.25) is 9.48 Å². The topological polar surface area (TPSA) is 98.5 Å². The van der Waals surface area contributed by atoms with Gasteiger partial charge in [0.15, 0.2) is 9.84 Å². The molecule has 0 spiro atoms. The SMILES string of the molecule is CCC(CS(=O)(=O)c1ccc(Oc2ccc(Cl)cc2)cc1Cl)[C@@H]1CCCc2c1cnn2CC(=O)O. The fraction of sp³-hybridized carbons (Fsp3) is 0.360. The van der Waals surface area contributed by atoms with Gasteiger partial charge in [-0.15, -0.1) is 0 Å². The number of fused-ring (bicyclic) bond motifs is 1. The third-order valence-corrected chi connectivity index (χ3v) is 8.98. The highest BCUT2D eigenvalue weighted by atomic mass is 35.5. The van der Waals surface area contributed by atoms with Gasteiger partial charge in [0.2, 0.25) is 0 Å². The lowest BCUT2D eigenvalue weighted by Crippen LogP contribution is -2.26. The molecule has 1 N–H and O–H groups in total. The molecule has 0 fully saturated rings. The standard InChI is InChI=1S/C25H26Cl2N2O5S/c1-2-16(20-4-3-5-23-21(20)13-28-29(23)14-25(30)31)15-35(32,33)24-11-10-19(12-22(24)27)34-18-8-6-17(26)7-9-18/h6-13,16,20H,2-5,14-15H2,1H3,(H,30,31)/t16?,20-/m0/s1. The number of nitrogens with zero attached hydrogens (tertiary/aromatic N) is 2. The molecule has 10 heteroatoms. The van der Waals surface area contributed by atoms with Crippen LogP contribution in [0.25, 0.3) is 0 Å². The van der Waals surface area contributed by atoms with Crippen LogP contribution in [0.3, 0.4) is 0 Å². The number of aliphatic carboxylic acids is 1. The zero-order valence-corrected chi connectivity index (χ0v) is 21.5. The largest absolute Gasteiger partial charge is 0.480 e. The smallest absolute Gasteiger partial charge is 0.325 e. The Labute approximate surface area is 214 Å². The predicted molar refractivity (Wildman–Crippen MR) is 134 cm³/mol. The monoisotopic (exact) mass is 536 g/mol. The summed E-state index contributed by atoms with van der Waals surface area (Å²) in [5.41, 5.74) is 1.85. The van der Waals surface area contributed by atoms with Gasteiger partial charge in [0.1, 0.15) is 18.0 Å². The van der Waals surface area contributed by atoms with Crippen LogP contribution >= 0.6 is 23.2 Å². The Balaban J connectivity index is 1.54. The van der Waals surface area contributed by atoms with Crippen LogP contribution in [0.15, 0.2) is 53.6 Å². The van der Waals surface area contributed by atoms with E-state index in [4.69, 9.17) is 33.0 Å². The Morgan fingerprint density at radius 1 is 1.20 bits per heavy atom. The van der Waals surface area contributed by atoms with E-state index < -0.39 is 15.8 Å².